The van der Waals surface area contributed by atoms with Crippen molar-refractivity contribution in [2.75, 3.05) is 13.2 Å². The predicted octanol–water partition coefficient (Wildman–Crippen LogP) is -4.03. The summed E-state index contributed by atoms with van der Waals surface area (Å²) < 4.78 is 22.3. The summed E-state index contributed by atoms with van der Waals surface area (Å²) in [5.74, 6) is -5.20. The first-order valence-corrected chi connectivity index (χ1v) is 12.4. The average molecular weight is 556 g/mol. The minimum absolute atomic E-state index is 0. The number of carboxylic acids is 2. The molecule has 0 heterocycles. The van der Waals surface area contributed by atoms with Crippen LogP contribution in [0.4, 0.5) is 0 Å². The molecule has 0 aliphatic rings. The maximum atomic E-state index is 13.0. The summed E-state index contributed by atoms with van der Waals surface area (Å²) in [6.45, 7) is 4.06. The summed E-state index contributed by atoms with van der Waals surface area (Å²) in [5.41, 5.74) is 6.30. The van der Waals surface area contributed by atoms with Crippen LogP contribution < -0.4 is 77.4 Å². The number of aliphatic carboxylic acids is 2. The van der Waals surface area contributed by atoms with E-state index in [4.69, 9.17) is 15.0 Å². The minimum atomic E-state index is -4.36. The molecule has 0 aliphatic heterocycles. The number of hydrogen-bond donors (Lipinski definition) is 5. The van der Waals surface area contributed by atoms with Gasteiger partial charge in [0.2, 0.25) is 11.7 Å². The van der Waals surface area contributed by atoms with Gasteiger partial charge in [-0.05, 0) is 37.0 Å². The third kappa shape index (κ3) is 11.9. The molecular formula is C21H31KN3O10P. The van der Waals surface area contributed by atoms with E-state index in [9.17, 15) is 38.8 Å². The van der Waals surface area contributed by atoms with Gasteiger partial charge in [0.05, 0.1) is 31.2 Å². The molecule has 13 nitrogen and oxygen atoms in total. The Balaban J connectivity index is 0.0000122. The van der Waals surface area contributed by atoms with Crippen molar-refractivity contribution in [1.29, 1.82) is 0 Å². The Labute approximate surface area is 251 Å². The molecule has 6 N–H and O–H groups in total. The SMILES string of the molecule is CCOP(=O)(O)N[C@H](C(=O)C(Oc1ccc(C[C@H](N)C(=O)NCC(=O)[O-])cc1)C(=O)O)[C@@H](C)CC.[K+]. The molecule has 36 heavy (non-hydrogen) atoms. The summed E-state index contributed by atoms with van der Waals surface area (Å²) in [4.78, 5) is 56.9. The van der Waals surface area contributed by atoms with Gasteiger partial charge in [0.15, 0.2) is 0 Å². The van der Waals surface area contributed by atoms with Crippen molar-refractivity contribution < 1.29 is 99.5 Å². The Morgan fingerprint density at radius 2 is 1.75 bits per heavy atom. The summed E-state index contributed by atoms with van der Waals surface area (Å²) in [6, 6.07) is 3.34. The molecule has 15 heteroatoms. The van der Waals surface area contributed by atoms with Crippen molar-refractivity contribution in [3.63, 3.8) is 0 Å². The number of nitrogens with one attached hydrogen (secondary N) is 2. The van der Waals surface area contributed by atoms with E-state index in [1.165, 1.54) is 31.2 Å². The van der Waals surface area contributed by atoms with Crippen molar-refractivity contribution in [1.82, 2.24) is 10.4 Å². The first-order chi connectivity index (χ1) is 16.3. The Morgan fingerprint density at radius 1 is 1.17 bits per heavy atom. The predicted molar refractivity (Wildman–Crippen MR) is 121 cm³/mol. The maximum absolute atomic E-state index is 13.0. The van der Waals surface area contributed by atoms with Crippen LogP contribution >= 0.6 is 7.75 Å². The number of carbonyl (C=O) groups excluding carboxylic acids is 3. The Morgan fingerprint density at radius 3 is 2.22 bits per heavy atom. The van der Waals surface area contributed by atoms with E-state index < -0.39 is 62.0 Å². The van der Waals surface area contributed by atoms with E-state index >= 15 is 0 Å². The summed E-state index contributed by atoms with van der Waals surface area (Å²) in [7, 11) is -4.36. The molecule has 2 unspecified atom stereocenters. The fourth-order valence-electron chi connectivity index (χ4n) is 2.97. The molecular weight excluding hydrogens is 524 g/mol. The number of carbonyl (C=O) groups is 4. The van der Waals surface area contributed by atoms with Gasteiger partial charge in [-0.2, -0.15) is 0 Å². The normalized spacial score (nSPS) is 15.8. The summed E-state index contributed by atoms with van der Waals surface area (Å²) in [6.07, 6.45) is -1.54. The molecule has 0 fully saturated rings. The number of carboxylic acid groups (broad SMARTS) is 2. The molecule has 196 valence electrons. The largest absolute Gasteiger partial charge is 1.00 e. The van der Waals surface area contributed by atoms with Crippen molar-refractivity contribution in [3.05, 3.63) is 29.8 Å². The molecule has 1 amide bonds. The van der Waals surface area contributed by atoms with Crippen molar-refractivity contribution in [2.24, 2.45) is 11.7 Å². The molecule has 1 rings (SSSR count). The van der Waals surface area contributed by atoms with E-state index in [0.717, 1.165) is 0 Å². The molecule has 0 bridgehead atoms. The average Bonchev–Trinajstić information content (AvgIpc) is 2.79. The van der Waals surface area contributed by atoms with Crippen molar-refractivity contribution in [2.45, 2.75) is 51.8 Å². The third-order valence-corrected chi connectivity index (χ3v) is 6.20. The van der Waals surface area contributed by atoms with Gasteiger partial charge in [-0.25, -0.2) is 14.4 Å². The molecule has 5 atom stereocenters. The first-order valence-electron chi connectivity index (χ1n) is 10.8. The van der Waals surface area contributed by atoms with Crippen LogP contribution in [0.1, 0.15) is 32.8 Å². The zero-order valence-corrected chi connectivity index (χ0v) is 24.6. The maximum Gasteiger partial charge on any atom is 1.00 e. The van der Waals surface area contributed by atoms with Gasteiger partial charge in [-0.1, -0.05) is 32.4 Å². The molecule has 1 aromatic carbocycles. The Hall–Kier alpha value is -1.19. The third-order valence-electron chi connectivity index (χ3n) is 4.99. The zero-order valence-electron chi connectivity index (χ0n) is 20.6. The zero-order chi connectivity index (χ0) is 26.8. The Bertz CT molecular complexity index is 946. The summed E-state index contributed by atoms with van der Waals surface area (Å²) in [5, 5.41) is 24.3. The van der Waals surface area contributed by atoms with Crippen LogP contribution in [0.25, 0.3) is 0 Å². The van der Waals surface area contributed by atoms with Crippen molar-refractivity contribution >= 4 is 31.4 Å². The second-order valence-corrected chi connectivity index (χ2v) is 9.27. The molecule has 0 radical (unpaired) electrons. The molecule has 0 saturated carbocycles. The topological polar surface area (TPSA) is 217 Å². The number of ketones is 1. The molecule has 1 aromatic rings. The number of ether oxygens (including phenoxy) is 1. The van der Waals surface area contributed by atoms with Crippen LogP contribution in [0.2, 0.25) is 0 Å². The van der Waals surface area contributed by atoms with Crippen LogP contribution in [0, 0.1) is 5.92 Å². The second-order valence-electron chi connectivity index (χ2n) is 7.71. The number of hydrogen-bond acceptors (Lipinski definition) is 9. The van der Waals surface area contributed by atoms with Crippen molar-refractivity contribution in [3.8, 4) is 5.75 Å². The fourth-order valence-corrected chi connectivity index (χ4v) is 4.12. The number of amides is 1. The molecule has 0 saturated heterocycles. The standard InChI is InChI=1S/C21H32N3O10P.K/c1-4-12(3)17(24-35(31,32)33-5-2)18(27)19(21(29)30)34-14-8-6-13(7-9-14)10-15(22)20(28)23-11-16(25)26;/h6-9,12,15,17,19H,4-5,10-11,22H2,1-3H3,(H,23,28)(H,25,26)(H,29,30)(H2,24,31,32);/q;+1/p-1/t12-,15-,17-,19?;/m0./s1. The van der Waals surface area contributed by atoms with E-state index in [1.807, 2.05) is 0 Å². The number of benzene rings is 1. The smallest absolute Gasteiger partial charge is 0.548 e. The van der Waals surface area contributed by atoms with Gasteiger partial charge in [-0.3, -0.25) is 14.1 Å². The molecule has 0 aromatic heterocycles. The Kier molecular flexibility index (Phi) is 16.1. The van der Waals surface area contributed by atoms with Gasteiger partial charge < -0.3 is 35.7 Å². The molecule has 0 spiro atoms. The van der Waals surface area contributed by atoms with E-state index in [2.05, 4.69) is 10.4 Å². The van der Waals surface area contributed by atoms with E-state index in [1.54, 1.807) is 13.8 Å². The van der Waals surface area contributed by atoms with E-state index in [0.29, 0.717) is 12.0 Å². The van der Waals surface area contributed by atoms with Gasteiger partial charge in [0.25, 0.3) is 6.10 Å². The van der Waals surface area contributed by atoms with Gasteiger partial charge >= 0.3 is 65.1 Å². The van der Waals surface area contributed by atoms with E-state index in [-0.39, 0.29) is 70.2 Å². The monoisotopic (exact) mass is 555 g/mol. The molecule has 0 aliphatic carbocycles. The van der Waals surface area contributed by atoms with Gasteiger partial charge in [0.1, 0.15) is 5.75 Å². The quantitative estimate of drug-likeness (QED) is 0.0748. The van der Waals surface area contributed by atoms with Gasteiger partial charge in [-0.15, -0.1) is 0 Å². The van der Waals surface area contributed by atoms with Crippen LogP contribution in [0.3, 0.4) is 0 Å². The van der Waals surface area contributed by atoms with Crippen LogP contribution in [-0.4, -0.2) is 65.0 Å². The fraction of sp³-hybridized carbons (Fsp3) is 0.524. The van der Waals surface area contributed by atoms with Gasteiger partial charge in [0, 0.05) is 0 Å². The number of Topliss-reactive ketones (excluding diaryl/α,β-unsaturated/α-hetero) is 1. The summed E-state index contributed by atoms with van der Waals surface area (Å²) >= 11 is 0. The second kappa shape index (κ2) is 16.6. The van der Waals surface area contributed by atoms with Crippen LogP contribution in [0.15, 0.2) is 24.3 Å². The number of rotatable bonds is 16. The minimum Gasteiger partial charge on any atom is -0.548 e. The first kappa shape index (κ1) is 34.8. The van der Waals surface area contributed by atoms with Crippen LogP contribution in [-0.2, 0) is 34.7 Å². The number of nitrogens with two attached hydrogens (primary N) is 1. The van der Waals surface area contributed by atoms with Crippen LogP contribution in [0.5, 0.6) is 5.75 Å².